The molecule has 208 valence electrons. The van der Waals surface area contributed by atoms with Crippen molar-refractivity contribution in [2.45, 2.75) is 62.8 Å². The van der Waals surface area contributed by atoms with Crippen LogP contribution in [-0.2, 0) is 16.6 Å². The third kappa shape index (κ3) is 4.44. The molecule has 0 radical (unpaired) electrons. The van der Waals surface area contributed by atoms with Gasteiger partial charge in [0.05, 0.1) is 16.7 Å². The number of nitrogens with two attached hydrogens (primary N) is 2. The molecule has 4 N–H and O–H groups in total. The summed E-state index contributed by atoms with van der Waals surface area (Å²) in [5.74, 6) is 0.945. The third-order valence-electron chi connectivity index (χ3n) is 8.54. The van der Waals surface area contributed by atoms with Crippen molar-refractivity contribution in [1.29, 1.82) is 5.26 Å². The van der Waals surface area contributed by atoms with Crippen LogP contribution < -0.4 is 16.2 Å². The van der Waals surface area contributed by atoms with Crippen molar-refractivity contribution in [3.8, 4) is 17.8 Å². The van der Waals surface area contributed by atoms with E-state index in [2.05, 4.69) is 33.0 Å². The van der Waals surface area contributed by atoms with Gasteiger partial charge >= 0.3 is 0 Å². The van der Waals surface area contributed by atoms with E-state index in [-0.39, 0.29) is 22.6 Å². The van der Waals surface area contributed by atoms with Gasteiger partial charge in [0.15, 0.2) is 11.6 Å². The number of ketones is 1. The molecule has 1 spiro atoms. The number of likely N-dealkylation sites (tertiary alicyclic amines) is 1. The minimum Gasteiger partial charge on any atom is -0.476 e. The lowest BCUT2D eigenvalue weighted by molar-refractivity contribution is -0.122. The Bertz CT molecular complexity index is 1560. The van der Waals surface area contributed by atoms with E-state index in [1.165, 1.54) is 11.3 Å². The molecule has 0 aromatic carbocycles. The summed E-state index contributed by atoms with van der Waals surface area (Å²) in [5.41, 5.74) is 14.1. The number of carbonyl (C=O) groups excluding carboxylic acids is 1. The summed E-state index contributed by atoms with van der Waals surface area (Å²) < 4.78 is 7.77. The number of likely N-dealkylation sites (N-methyl/N-ethyl adjacent to an activating group) is 1. The van der Waals surface area contributed by atoms with Crippen molar-refractivity contribution in [2.75, 3.05) is 25.9 Å². The average Bonchev–Trinajstić information content (AvgIpc) is 3.66. The molecule has 0 amide bonds. The van der Waals surface area contributed by atoms with Gasteiger partial charge in [0.2, 0.25) is 11.2 Å². The zero-order valence-electron chi connectivity index (χ0n) is 22.3. The van der Waals surface area contributed by atoms with Crippen LogP contribution in [0.25, 0.3) is 11.5 Å². The Kier molecular flexibility index (Phi) is 7.02. The quantitative estimate of drug-likeness (QED) is 0.428. The smallest absolute Gasteiger partial charge is 0.219 e. The van der Waals surface area contributed by atoms with Crippen LogP contribution in [0.1, 0.15) is 66.8 Å². The molecule has 10 nitrogen and oxygen atoms in total. The number of thiophene rings is 1. The molecule has 1 saturated carbocycles. The van der Waals surface area contributed by atoms with Gasteiger partial charge in [-0.15, -0.1) is 11.3 Å². The second kappa shape index (κ2) is 10.5. The summed E-state index contributed by atoms with van der Waals surface area (Å²) in [5, 5.41) is 10.6. The Labute approximate surface area is 241 Å². The van der Waals surface area contributed by atoms with E-state index in [1.54, 1.807) is 23.0 Å². The highest BCUT2D eigenvalue weighted by Gasteiger charge is 2.49. The molecule has 3 aromatic rings. The van der Waals surface area contributed by atoms with Gasteiger partial charge in [-0.3, -0.25) is 9.36 Å². The number of rotatable bonds is 5. The van der Waals surface area contributed by atoms with E-state index in [0.29, 0.717) is 59.7 Å². The Balaban J connectivity index is 1.42. The normalized spacial score (nSPS) is 24.2. The minimum atomic E-state index is -0.803. The lowest BCUT2D eigenvalue weighted by atomic mass is 9.61. The molecule has 4 heterocycles. The average molecular weight is 579 g/mol. The van der Waals surface area contributed by atoms with Crippen LogP contribution >= 0.6 is 22.9 Å². The van der Waals surface area contributed by atoms with Gasteiger partial charge in [-0.2, -0.15) is 10.2 Å². The summed E-state index contributed by atoms with van der Waals surface area (Å²) in [6, 6.07) is 4.26. The van der Waals surface area contributed by atoms with E-state index in [1.807, 2.05) is 0 Å². The molecular weight excluding hydrogens is 548 g/mol. The van der Waals surface area contributed by atoms with Crippen molar-refractivity contribution in [3.63, 3.8) is 0 Å². The van der Waals surface area contributed by atoms with Crippen LogP contribution in [0.4, 0.5) is 5.00 Å². The fourth-order valence-corrected chi connectivity index (χ4v) is 7.84. The molecule has 0 unspecified atom stereocenters. The van der Waals surface area contributed by atoms with Crippen LogP contribution in [0.2, 0.25) is 5.28 Å². The number of nitriles is 1. The molecule has 2 aliphatic carbocycles. The second-order valence-corrected chi connectivity index (χ2v) is 12.3. The molecule has 12 heteroatoms. The summed E-state index contributed by atoms with van der Waals surface area (Å²) in [4.78, 5) is 31.1. The van der Waals surface area contributed by atoms with Gasteiger partial charge < -0.3 is 21.1 Å². The lowest BCUT2D eigenvalue weighted by Crippen LogP contribution is -2.43. The standard InChI is InChI=1S/C28H31ClN8O2S/c1-36-11-4-5-16(36)15-39-21-13-20(37-12-10-33-27(37)29)34-26(35-21)23(31)17-6-2-8-28(24(17)38)9-3-7-19-22(28)18(14-30)25(32)40-19/h10,12-13,16H,2-9,11,15,31-32H2,1H3/b23-17-/t16-,28-/m0/s1. The number of Topliss-reactive ketones (excluding diaryl/α,β-unsaturated/α-hetero) is 1. The second-order valence-electron chi connectivity index (χ2n) is 10.8. The number of hydrogen-bond donors (Lipinski definition) is 2. The first-order chi connectivity index (χ1) is 19.3. The maximum Gasteiger partial charge on any atom is 0.219 e. The van der Waals surface area contributed by atoms with E-state index in [9.17, 15) is 10.1 Å². The first kappa shape index (κ1) is 26.7. The predicted molar refractivity (Wildman–Crippen MR) is 153 cm³/mol. The highest BCUT2D eigenvalue weighted by atomic mass is 35.5. The van der Waals surface area contributed by atoms with Crippen molar-refractivity contribution >= 4 is 39.4 Å². The predicted octanol–water partition coefficient (Wildman–Crippen LogP) is 4.00. The number of nitrogen functional groups attached to an aromatic ring is 1. The molecule has 2 atom stereocenters. The van der Waals surface area contributed by atoms with Gasteiger partial charge in [-0.25, -0.2) is 9.97 Å². The molecule has 0 bridgehead atoms. The number of anilines is 1. The lowest BCUT2D eigenvalue weighted by Gasteiger charge is -2.40. The van der Waals surface area contributed by atoms with Crippen molar-refractivity contribution in [2.24, 2.45) is 5.73 Å². The van der Waals surface area contributed by atoms with Crippen molar-refractivity contribution in [3.05, 3.63) is 51.1 Å². The van der Waals surface area contributed by atoms with E-state index in [0.717, 1.165) is 49.1 Å². The Morgan fingerprint density at radius 1 is 1.30 bits per heavy atom. The molecule has 3 aromatic heterocycles. The number of halogens is 1. The Hall–Kier alpha value is -3.46. The monoisotopic (exact) mass is 578 g/mol. The summed E-state index contributed by atoms with van der Waals surface area (Å²) >= 11 is 7.74. The van der Waals surface area contributed by atoms with Crippen LogP contribution in [0, 0.1) is 11.3 Å². The number of ether oxygens (including phenoxy) is 1. The zero-order chi connectivity index (χ0) is 28.0. The molecule has 1 saturated heterocycles. The number of nitrogens with zero attached hydrogens (tertiary/aromatic N) is 6. The molecule has 6 rings (SSSR count). The highest BCUT2D eigenvalue weighted by molar-refractivity contribution is 7.16. The molecule has 2 fully saturated rings. The Morgan fingerprint density at radius 3 is 2.80 bits per heavy atom. The van der Waals surface area contributed by atoms with Gasteiger partial charge in [-0.05, 0) is 82.1 Å². The van der Waals surface area contributed by atoms with Gasteiger partial charge in [0, 0.05) is 35.0 Å². The van der Waals surface area contributed by atoms with Gasteiger partial charge in [-0.1, -0.05) is 0 Å². The van der Waals surface area contributed by atoms with Crippen molar-refractivity contribution in [1.82, 2.24) is 24.4 Å². The minimum absolute atomic E-state index is 0.0591. The van der Waals surface area contributed by atoms with Crippen LogP contribution in [0.5, 0.6) is 5.88 Å². The molecule has 3 aliphatic rings. The maximum absolute atomic E-state index is 14.3. The summed E-state index contributed by atoms with van der Waals surface area (Å²) in [7, 11) is 2.09. The number of fused-ring (bicyclic) bond motifs is 2. The fraction of sp³-hybridized carbons (Fsp3) is 0.464. The molecular formula is C28H31ClN8O2S. The number of carbonyl (C=O) groups is 1. The highest BCUT2D eigenvalue weighted by Crippen LogP contribution is 2.52. The third-order valence-corrected chi connectivity index (χ3v) is 9.90. The van der Waals surface area contributed by atoms with Crippen LogP contribution in [-0.4, -0.2) is 56.4 Å². The van der Waals surface area contributed by atoms with E-state index in [4.69, 9.17) is 27.8 Å². The largest absolute Gasteiger partial charge is 0.476 e. The topological polar surface area (TPSA) is 149 Å². The number of aromatic nitrogens is 4. The number of hydrogen-bond acceptors (Lipinski definition) is 10. The van der Waals surface area contributed by atoms with E-state index >= 15 is 0 Å². The number of aryl methyl sites for hydroxylation is 1. The van der Waals surface area contributed by atoms with Gasteiger partial charge in [0.1, 0.15) is 23.5 Å². The summed E-state index contributed by atoms with van der Waals surface area (Å²) in [6.07, 6.45) is 9.72. The van der Waals surface area contributed by atoms with E-state index < -0.39 is 5.41 Å². The van der Waals surface area contributed by atoms with Crippen molar-refractivity contribution < 1.29 is 9.53 Å². The maximum atomic E-state index is 14.3. The first-order valence-electron chi connectivity index (χ1n) is 13.6. The van der Waals surface area contributed by atoms with Crippen LogP contribution in [0.15, 0.2) is 24.0 Å². The molecule has 1 aliphatic heterocycles. The van der Waals surface area contributed by atoms with Crippen LogP contribution in [0.3, 0.4) is 0 Å². The number of imidazole rings is 1. The SMILES string of the molecule is CN1CCC[C@H]1COc1cc(-n2ccnc2Cl)nc(/C(N)=C2\CCC[C@@]3(CCCc4sc(N)c(C#N)c43)C2=O)n1. The zero-order valence-corrected chi connectivity index (χ0v) is 23.9. The summed E-state index contributed by atoms with van der Waals surface area (Å²) in [6.45, 7) is 1.51. The Morgan fingerprint density at radius 2 is 2.10 bits per heavy atom. The number of allylic oxidation sites excluding steroid dienone is 1. The first-order valence-corrected chi connectivity index (χ1v) is 14.8. The fourth-order valence-electron chi connectivity index (χ4n) is 6.48. The van der Waals surface area contributed by atoms with Gasteiger partial charge in [0.25, 0.3) is 0 Å². The molecule has 40 heavy (non-hydrogen) atoms.